The Morgan fingerprint density at radius 3 is 2.87 bits per heavy atom. The fraction of sp³-hybridized carbons (Fsp3) is 0.500. The summed E-state index contributed by atoms with van der Waals surface area (Å²) >= 11 is 0. The van der Waals surface area contributed by atoms with Crippen molar-refractivity contribution in [2.45, 2.75) is 25.9 Å². The number of hydrogen-bond acceptors (Lipinski definition) is 4. The summed E-state index contributed by atoms with van der Waals surface area (Å²) in [5, 5.41) is 0. The number of ether oxygens (including phenoxy) is 1. The number of hydrogen-bond donors (Lipinski definition) is 0. The molecule has 5 nitrogen and oxygen atoms in total. The van der Waals surface area contributed by atoms with Gasteiger partial charge >= 0.3 is 5.97 Å². The largest absolute Gasteiger partial charge is 0.452 e. The maximum Gasteiger partial charge on any atom is 0.303 e. The SMILES string of the molecule is C=CCCN1C(=O)C[C@H](OC(C)=O)C1=O. The average molecular weight is 211 g/mol. The van der Waals surface area contributed by atoms with Gasteiger partial charge in [-0.25, -0.2) is 0 Å². The molecule has 0 bridgehead atoms. The molecule has 15 heavy (non-hydrogen) atoms. The van der Waals surface area contributed by atoms with Crippen LogP contribution in [0, 0.1) is 0 Å². The Labute approximate surface area is 87.7 Å². The Bertz CT molecular complexity index is 311. The van der Waals surface area contributed by atoms with Gasteiger partial charge in [-0.3, -0.25) is 19.3 Å². The van der Waals surface area contributed by atoms with Crippen molar-refractivity contribution in [1.82, 2.24) is 4.90 Å². The van der Waals surface area contributed by atoms with E-state index in [1.807, 2.05) is 0 Å². The van der Waals surface area contributed by atoms with E-state index in [9.17, 15) is 14.4 Å². The second-order valence-corrected chi connectivity index (χ2v) is 3.26. The fourth-order valence-corrected chi connectivity index (χ4v) is 1.40. The molecule has 1 aliphatic rings. The average Bonchev–Trinajstić information content (AvgIpc) is 2.39. The zero-order valence-electron chi connectivity index (χ0n) is 8.56. The molecule has 2 amide bonds. The standard InChI is InChI=1S/C10H13NO4/c1-3-4-5-11-9(13)6-8(10(11)14)15-7(2)12/h3,8H,1,4-6H2,2H3/t8-/m0/s1. The van der Waals surface area contributed by atoms with Gasteiger partial charge in [0.15, 0.2) is 6.10 Å². The van der Waals surface area contributed by atoms with E-state index in [2.05, 4.69) is 6.58 Å². The molecule has 0 aromatic rings. The van der Waals surface area contributed by atoms with Crippen molar-refractivity contribution < 1.29 is 19.1 Å². The van der Waals surface area contributed by atoms with Crippen LogP contribution in [-0.2, 0) is 19.1 Å². The third-order valence-electron chi connectivity index (χ3n) is 2.07. The molecule has 0 aromatic carbocycles. The highest BCUT2D eigenvalue weighted by Gasteiger charge is 2.40. The number of carbonyl (C=O) groups excluding carboxylic acids is 3. The molecule has 1 saturated heterocycles. The third kappa shape index (κ3) is 2.65. The number of imide groups is 1. The lowest BCUT2D eigenvalue weighted by Crippen LogP contribution is -2.34. The van der Waals surface area contributed by atoms with Gasteiger partial charge in [0.1, 0.15) is 0 Å². The molecular weight excluding hydrogens is 198 g/mol. The second kappa shape index (κ2) is 4.72. The topological polar surface area (TPSA) is 63.7 Å². The van der Waals surface area contributed by atoms with E-state index in [-0.39, 0.29) is 12.3 Å². The molecule has 1 aliphatic heterocycles. The predicted octanol–water partition coefficient (Wildman–Crippen LogP) is 0.253. The second-order valence-electron chi connectivity index (χ2n) is 3.26. The molecule has 0 aliphatic carbocycles. The zero-order chi connectivity index (χ0) is 11.4. The highest BCUT2D eigenvalue weighted by Crippen LogP contribution is 2.16. The number of nitrogens with zero attached hydrogens (tertiary/aromatic N) is 1. The maximum absolute atomic E-state index is 11.6. The normalized spacial score (nSPS) is 20.6. The number of carbonyl (C=O) groups is 3. The van der Waals surface area contributed by atoms with Gasteiger partial charge in [-0.05, 0) is 6.42 Å². The van der Waals surface area contributed by atoms with Crippen LogP contribution in [0.3, 0.4) is 0 Å². The van der Waals surface area contributed by atoms with Crippen LogP contribution in [0.15, 0.2) is 12.7 Å². The molecule has 1 heterocycles. The quantitative estimate of drug-likeness (QED) is 0.380. The van der Waals surface area contributed by atoms with Crippen LogP contribution in [0.4, 0.5) is 0 Å². The summed E-state index contributed by atoms with van der Waals surface area (Å²) in [4.78, 5) is 34.7. The van der Waals surface area contributed by atoms with Gasteiger partial charge in [0.2, 0.25) is 5.91 Å². The van der Waals surface area contributed by atoms with Crippen molar-refractivity contribution in [3.8, 4) is 0 Å². The minimum absolute atomic E-state index is 0.0461. The molecule has 1 atom stereocenters. The van der Waals surface area contributed by atoms with Crippen molar-refractivity contribution in [3.63, 3.8) is 0 Å². The molecule has 0 saturated carbocycles. The van der Waals surface area contributed by atoms with Gasteiger partial charge in [-0.1, -0.05) is 6.08 Å². The summed E-state index contributed by atoms with van der Waals surface area (Å²) in [6, 6.07) is 0. The number of likely N-dealkylation sites (tertiary alicyclic amines) is 1. The minimum atomic E-state index is -0.931. The van der Waals surface area contributed by atoms with E-state index in [1.165, 1.54) is 6.92 Å². The van der Waals surface area contributed by atoms with Gasteiger partial charge in [-0.15, -0.1) is 6.58 Å². The lowest BCUT2D eigenvalue weighted by Gasteiger charge is -2.13. The van der Waals surface area contributed by atoms with Crippen LogP contribution in [0.25, 0.3) is 0 Å². The van der Waals surface area contributed by atoms with Crippen LogP contribution >= 0.6 is 0 Å². The Morgan fingerprint density at radius 2 is 2.33 bits per heavy atom. The Balaban J connectivity index is 2.61. The highest BCUT2D eigenvalue weighted by atomic mass is 16.5. The summed E-state index contributed by atoms with van der Waals surface area (Å²) in [6.45, 7) is 5.02. The van der Waals surface area contributed by atoms with Crippen molar-refractivity contribution in [2.24, 2.45) is 0 Å². The first-order valence-electron chi connectivity index (χ1n) is 4.68. The molecule has 1 rings (SSSR count). The van der Waals surface area contributed by atoms with E-state index in [0.29, 0.717) is 13.0 Å². The first-order valence-corrected chi connectivity index (χ1v) is 4.68. The number of rotatable bonds is 4. The lowest BCUT2D eigenvalue weighted by molar-refractivity contribution is -0.154. The van der Waals surface area contributed by atoms with Crippen molar-refractivity contribution in [3.05, 3.63) is 12.7 Å². The third-order valence-corrected chi connectivity index (χ3v) is 2.07. The zero-order valence-corrected chi connectivity index (χ0v) is 8.56. The predicted molar refractivity (Wildman–Crippen MR) is 51.7 cm³/mol. The lowest BCUT2D eigenvalue weighted by atomic mass is 10.3. The van der Waals surface area contributed by atoms with Crippen LogP contribution < -0.4 is 0 Å². The summed E-state index contributed by atoms with van der Waals surface area (Å²) in [5.74, 6) is -1.28. The fourth-order valence-electron chi connectivity index (χ4n) is 1.40. The molecular formula is C10H13NO4. The number of amides is 2. The Morgan fingerprint density at radius 1 is 1.67 bits per heavy atom. The van der Waals surface area contributed by atoms with Crippen molar-refractivity contribution >= 4 is 17.8 Å². The summed E-state index contributed by atoms with van der Waals surface area (Å²) in [6.07, 6.45) is 1.19. The van der Waals surface area contributed by atoms with Crippen molar-refractivity contribution in [2.75, 3.05) is 6.54 Å². The van der Waals surface area contributed by atoms with E-state index >= 15 is 0 Å². The Kier molecular flexibility index (Phi) is 3.60. The summed E-state index contributed by atoms with van der Waals surface area (Å²) in [7, 11) is 0. The van der Waals surface area contributed by atoms with Crippen LogP contribution in [-0.4, -0.2) is 35.3 Å². The first kappa shape index (κ1) is 11.4. The Hall–Kier alpha value is -1.65. The molecule has 0 spiro atoms. The maximum atomic E-state index is 11.6. The van der Waals surface area contributed by atoms with Crippen LogP contribution in [0.2, 0.25) is 0 Å². The van der Waals surface area contributed by atoms with E-state index in [4.69, 9.17) is 4.74 Å². The van der Waals surface area contributed by atoms with Gasteiger partial charge in [-0.2, -0.15) is 0 Å². The molecule has 0 aromatic heterocycles. The number of esters is 1. The summed E-state index contributed by atoms with van der Waals surface area (Å²) in [5.41, 5.74) is 0. The van der Waals surface area contributed by atoms with E-state index < -0.39 is 18.0 Å². The first-order chi connectivity index (χ1) is 7.06. The van der Waals surface area contributed by atoms with Gasteiger partial charge in [0.05, 0.1) is 6.42 Å². The molecule has 1 fully saturated rings. The summed E-state index contributed by atoms with van der Waals surface area (Å²) < 4.78 is 4.73. The van der Waals surface area contributed by atoms with E-state index in [1.54, 1.807) is 6.08 Å². The van der Waals surface area contributed by atoms with E-state index in [0.717, 1.165) is 4.90 Å². The van der Waals surface area contributed by atoms with Crippen molar-refractivity contribution in [1.29, 1.82) is 0 Å². The van der Waals surface area contributed by atoms with Gasteiger partial charge < -0.3 is 4.74 Å². The monoisotopic (exact) mass is 211 g/mol. The minimum Gasteiger partial charge on any atom is -0.452 e. The van der Waals surface area contributed by atoms with Gasteiger partial charge in [0, 0.05) is 13.5 Å². The smallest absolute Gasteiger partial charge is 0.303 e. The van der Waals surface area contributed by atoms with Gasteiger partial charge in [0.25, 0.3) is 5.91 Å². The molecule has 0 unspecified atom stereocenters. The highest BCUT2D eigenvalue weighted by molar-refractivity contribution is 6.05. The molecule has 0 radical (unpaired) electrons. The van der Waals surface area contributed by atoms with Crippen LogP contribution in [0.5, 0.6) is 0 Å². The van der Waals surface area contributed by atoms with Crippen LogP contribution in [0.1, 0.15) is 19.8 Å². The molecule has 0 N–H and O–H groups in total. The molecule has 5 heteroatoms. The molecule has 82 valence electrons.